The molecule has 0 atom stereocenters. The van der Waals surface area contributed by atoms with Gasteiger partial charge < -0.3 is 10.2 Å². The monoisotopic (exact) mass is 244 g/mol. The summed E-state index contributed by atoms with van der Waals surface area (Å²) in [5.41, 5.74) is 3.23. The summed E-state index contributed by atoms with van der Waals surface area (Å²) in [6.45, 7) is 1.47. The van der Waals surface area contributed by atoms with E-state index in [0.717, 1.165) is 22.4 Å². The van der Waals surface area contributed by atoms with Crippen LogP contribution >= 0.6 is 0 Å². The molecule has 4 heteroatoms. The van der Waals surface area contributed by atoms with E-state index < -0.39 is 0 Å². The zero-order valence-electron chi connectivity index (χ0n) is 10.8. The molecule has 0 fully saturated rings. The topological polar surface area (TPSA) is 49.4 Å². The van der Waals surface area contributed by atoms with Crippen molar-refractivity contribution in [2.24, 2.45) is 0 Å². The Labute approximate surface area is 106 Å². The molecule has 1 aliphatic carbocycles. The first-order valence-corrected chi connectivity index (χ1v) is 5.79. The average Bonchev–Trinajstić information content (AvgIpc) is 2.54. The van der Waals surface area contributed by atoms with Gasteiger partial charge in [-0.05, 0) is 23.8 Å². The van der Waals surface area contributed by atoms with Crippen molar-refractivity contribution in [3.05, 3.63) is 41.1 Å². The summed E-state index contributed by atoms with van der Waals surface area (Å²) in [5, 5.41) is 2.72. The number of amides is 1. The van der Waals surface area contributed by atoms with E-state index in [1.807, 2.05) is 31.3 Å². The summed E-state index contributed by atoms with van der Waals surface area (Å²) in [6, 6.07) is 5.40. The standard InChI is InChI=1S/C14H16N2O2/c1-9(17)15-12-4-5-13-10(7-12)6-11(14(13)18)8-16(2)3/h4-5,7-8H,6H2,1-3H3,(H,15,17). The molecule has 1 amide bonds. The van der Waals surface area contributed by atoms with Crippen molar-refractivity contribution in [2.75, 3.05) is 19.4 Å². The lowest BCUT2D eigenvalue weighted by Gasteiger charge is -2.05. The fraction of sp³-hybridized carbons (Fsp3) is 0.286. The minimum atomic E-state index is -0.108. The first kappa shape index (κ1) is 12.4. The Morgan fingerprint density at radius 1 is 1.39 bits per heavy atom. The molecule has 0 heterocycles. The van der Waals surface area contributed by atoms with Crippen LogP contribution in [0.5, 0.6) is 0 Å². The lowest BCUT2D eigenvalue weighted by atomic mass is 10.1. The van der Waals surface area contributed by atoms with Gasteiger partial charge in [-0.1, -0.05) is 0 Å². The van der Waals surface area contributed by atoms with Gasteiger partial charge in [0, 0.05) is 50.5 Å². The van der Waals surface area contributed by atoms with Crippen LogP contribution in [-0.4, -0.2) is 30.7 Å². The SMILES string of the molecule is CC(=O)Nc1ccc2c(c1)CC(=CN(C)C)C2=O. The van der Waals surface area contributed by atoms with Crippen LogP contribution in [-0.2, 0) is 11.2 Å². The van der Waals surface area contributed by atoms with Crippen molar-refractivity contribution in [2.45, 2.75) is 13.3 Å². The highest BCUT2D eigenvalue weighted by Crippen LogP contribution is 2.28. The van der Waals surface area contributed by atoms with Crippen LogP contribution < -0.4 is 5.32 Å². The number of hydrogen-bond donors (Lipinski definition) is 1. The Balaban J connectivity index is 2.31. The number of carbonyl (C=O) groups excluding carboxylic acids is 2. The second kappa shape index (κ2) is 4.64. The molecule has 0 radical (unpaired) electrons. The van der Waals surface area contributed by atoms with Gasteiger partial charge in [-0.15, -0.1) is 0 Å². The second-order valence-electron chi connectivity index (χ2n) is 4.68. The third-order valence-corrected chi connectivity index (χ3v) is 2.76. The Morgan fingerprint density at radius 3 is 2.72 bits per heavy atom. The quantitative estimate of drug-likeness (QED) is 0.807. The van der Waals surface area contributed by atoms with Crippen LogP contribution in [0.4, 0.5) is 5.69 Å². The van der Waals surface area contributed by atoms with Gasteiger partial charge in [0.2, 0.25) is 5.91 Å². The Kier molecular flexibility index (Phi) is 3.19. The lowest BCUT2D eigenvalue weighted by Crippen LogP contribution is -2.06. The number of allylic oxidation sites excluding steroid dienone is 1. The largest absolute Gasteiger partial charge is 0.383 e. The molecule has 0 saturated carbocycles. The fourth-order valence-electron chi connectivity index (χ4n) is 2.12. The van der Waals surface area contributed by atoms with Gasteiger partial charge in [0.25, 0.3) is 0 Å². The zero-order valence-corrected chi connectivity index (χ0v) is 10.8. The van der Waals surface area contributed by atoms with Gasteiger partial charge in [0.1, 0.15) is 0 Å². The number of hydrogen-bond acceptors (Lipinski definition) is 3. The van der Waals surface area contributed by atoms with Gasteiger partial charge in [-0.3, -0.25) is 9.59 Å². The van der Waals surface area contributed by atoms with Gasteiger partial charge in [-0.2, -0.15) is 0 Å². The van der Waals surface area contributed by atoms with Crippen LogP contribution in [0.15, 0.2) is 30.0 Å². The van der Waals surface area contributed by atoms with Crippen molar-refractivity contribution < 1.29 is 9.59 Å². The van der Waals surface area contributed by atoms with Gasteiger partial charge in [0.15, 0.2) is 5.78 Å². The van der Waals surface area contributed by atoms with E-state index in [4.69, 9.17) is 0 Å². The number of fused-ring (bicyclic) bond motifs is 1. The van der Waals surface area contributed by atoms with Crippen molar-refractivity contribution in [3.8, 4) is 0 Å². The second-order valence-corrected chi connectivity index (χ2v) is 4.68. The number of nitrogens with one attached hydrogen (secondary N) is 1. The summed E-state index contributed by atoms with van der Waals surface area (Å²) >= 11 is 0. The van der Waals surface area contributed by atoms with E-state index in [0.29, 0.717) is 6.42 Å². The van der Waals surface area contributed by atoms with Gasteiger partial charge >= 0.3 is 0 Å². The zero-order chi connectivity index (χ0) is 13.3. The third-order valence-electron chi connectivity index (χ3n) is 2.76. The minimum absolute atomic E-state index is 0.0769. The number of benzene rings is 1. The molecule has 1 aromatic carbocycles. The molecule has 0 bridgehead atoms. The molecule has 0 aliphatic heterocycles. The normalized spacial score (nSPS) is 15.7. The first-order chi connectivity index (χ1) is 8.47. The fourth-order valence-corrected chi connectivity index (χ4v) is 2.12. The van der Waals surface area contributed by atoms with E-state index in [2.05, 4.69) is 5.32 Å². The summed E-state index contributed by atoms with van der Waals surface area (Å²) in [5.74, 6) is -0.0311. The van der Waals surface area contributed by atoms with E-state index in [1.54, 1.807) is 12.1 Å². The number of carbonyl (C=O) groups is 2. The molecular weight excluding hydrogens is 228 g/mol. The smallest absolute Gasteiger partial charge is 0.221 e. The maximum absolute atomic E-state index is 12.1. The van der Waals surface area contributed by atoms with E-state index >= 15 is 0 Å². The molecule has 18 heavy (non-hydrogen) atoms. The number of rotatable bonds is 2. The molecule has 1 aromatic rings. The number of ketones is 1. The molecule has 0 aromatic heterocycles. The van der Waals surface area contributed by atoms with Crippen LogP contribution in [0.3, 0.4) is 0 Å². The highest BCUT2D eigenvalue weighted by molar-refractivity contribution is 6.13. The van der Waals surface area contributed by atoms with Crippen LogP contribution in [0.25, 0.3) is 0 Å². The van der Waals surface area contributed by atoms with E-state index in [-0.39, 0.29) is 11.7 Å². The molecule has 94 valence electrons. The summed E-state index contributed by atoms with van der Waals surface area (Å²) in [4.78, 5) is 24.9. The predicted octanol–water partition coefficient (Wildman–Crippen LogP) is 1.83. The summed E-state index contributed by atoms with van der Waals surface area (Å²) in [7, 11) is 3.79. The highest BCUT2D eigenvalue weighted by atomic mass is 16.1. The maximum Gasteiger partial charge on any atom is 0.221 e. The third kappa shape index (κ3) is 2.42. The van der Waals surface area contributed by atoms with E-state index in [1.165, 1.54) is 6.92 Å². The molecule has 1 aliphatic rings. The number of nitrogens with zero attached hydrogens (tertiary/aromatic N) is 1. The van der Waals surface area contributed by atoms with Crippen LogP contribution in [0.1, 0.15) is 22.8 Å². The number of Topliss-reactive ketones (excluding diaryl/α,β-unsaturated/α-hetero) is 1. The Morgan fingerprint density at radius 2 is 2.11 bits per heavy atom. The first-order valence-electron chi connectivity index (χ1n) is 5.79. The van der Waals surface area contributed by atoms with Crippen molar-refractivity contribution in [3.63, 3.8) is 0 Å². The molecular formula is C14H16N2O2. The minimum Gasteiger partial charge on any atom is -0.383 e. The Bertz CT molecular complexity index is 545. The maximum atomic E-state index is 12.1. The molecule has 0 saturated heterocycles. The number of anilines is 1. The molecule has 1 N–H and O–H groups in total. The van der Waals surface area contributed by atoms with Crippen LogP contribution in [0.2, 0.25) is 0 Å². The molecule has 2 rings (SSSR count). The average molecular weight is 244 g/mol. The van der Waals surface area contributed by atoms with Crippen molar-refractivity contribution in [1.29, 1.82) is 0 Å². The Hall–Kier alpha value is -2.10. The summed E-state index contributed by atoms with van der Waals surface area (Å²) in [6.07, 6.45) is 2.47. The summed E-state index contributed by atoms with van der Waals surface area (Å²) < 4.78 is 0. The molecule has 0 spiro atoms. The lowest BCUT2D eigenvalue weighted by molar-refractivity contribution is -0.114. The van der Waals surface area contributed by atoms with Crippen molar-refractivity contribution >= 4 is 17.4 Å². The van der Waals surface area contributed by atoms with Gasteiger partial charge in [-0.25, -0.2) is 0 Å². The molecule has 4 nitrogen and oxygen atoms in total. The van der Waals surface area contributed by atoms with E-state index in [9.17, 15) is 9.59 Å². The van der Waals surface area contributed by atoms with Crippen LogP contribution in [0, 0.1) is 0 Å². The van der Waals surface area contributed by atoms with Gasteiger partial charge in [0.05, 0.1) is 0 Å². The predicted molar refractivity (Wildman–Crippen MR) is 70.6 cm³/mol. The highest BCUT2D eigenvalue weighted by Gasteiger charge is 2.25. The van der Waals surface area contributed by atoms with Crippen molar-refractivity contribution in [1.82, 2.24) is 4.90 Å². The molecule has 0 unspecified atom stereocenters.